The summed E-state index contributed by atoms with van der Waals surface area (Å²) in [5, 5.41) is 4.24. The summed E-state index contributed by atoms with van der Waals surface area (Å²) in [6.07, 6.45) is 0. The number of hydrogen-bond donors (Lipinski definition) is 1. The van der Waals surface area contributed by atoms with Crippen molar-refractivity contribution < 1.29 is 0 Å². The van der Waals surface area contributed by atoms with Crippen molar-refractivity contribution in [3.63, 3.8) is 0 Å². The van der Waals surface area contributed by atoms with Crippen LogP contribution >= 0.6 is 43.5 Å². The third kappa shape index (κ3) is 3.74. The van der Waals surface area contributed by atoms with Gasteiger partial charge in [-0.1, -0.05) is 55.6 Å². The molecule has 1 atom stereocenters. The van der Waals surface area contributed by atoms with Crippen LogP contribution < -0.4 is 5.32 Å². The summed E-state index contributed by atoms with van der Waals surface area (Å²) in [7, 11) is 0. The van der Waals surface area contributed by atoms with E-state index in [9.17, 15) is 0 Å². The minimum Gasteiger partial charge on any atom is -0.378 e. The zero-order valence-electron chi connectivity index (χ0n) is 10.7. The van der Waals surface area contributed by atoms with E-state index >= 15 is 0 Å². The molecule has 2 aromatic carbocycles. The first-order valence-electron chi connectivity index (χ1n) is 5.95. The number of halogens is 3. The van der Waals surface area contributed by atoms with E-state index in [1.165, 1.54) is 5.56 Å². The average molecular weight is 404 g/mol. The van der Waals surface area contributed by atoms with Gasteiger partial charge >= 0.3 is 0 Å². The van der Waals surface area contributed by atoms with Crippen molar-refractivity contribution in [1.82, 2.24) is 0 Å². The molecule has 0 aliphatic carbocycles. The van der Waals surface area contributed by atoms with Gasteiger partial charge in [0.2, 0.25) is 0 Å². The third-order valence-electron chi connectivity index (χ3n) is 2.98. The van der Waals surface area contributed by atoms with E-state index in [1.807, 2.05) is 31.2 Å². The maximum Gasteiger partial charge on any atom is 0.0496 e. The van der Waals surface area contributed by atoms with Crippen molar-refractivity contribution in [3.8, 4) is 0 Å². The molecule has 0 saturated heterocycles. The largest absolute Gasteiger partial charge is 0.378 e. The molecule has 0 heterocycles. The van der Waals surface area contributed by atoms with Crippen LogP contribution in [0.2, 0.25) is 5.02 Å². The van der Waals surface area contributed by atoms with Crippen LogP contribution in [0.4, 0.5) is 5.69 Å². The zero-order chi connectivity index (χ0) is 14.0. The second-order valence-corrected chi connectivity index (χ2v) is 6.67. The molecule has 0 spiro atoms. The molecule has 100 valence electrons. The van der Waals surface area contributed by atoms with Gasteiger partial charge in [-0.3, -0.25) is 0 Å². The van der Waals surface area contributed by atoms with E-state index in [0.717, 1.165) is 25.2 Å². The molecule has 0 aliphatic heterocycles. The number of aryl methyl sites for hydroxylation is 1. The number of benzene rings is 2. The second-order valence-electron chi connectivity index (χ2n) is 4.50. The van der Waals surface area contributed by atoms with Crippen molar-refractivity contribution in [3.05, 3.63) is 61.5 Å². The fraction of sp³-hybridized carbons (Fsp3) is 0.200. The maximum absolute atomic E-state index is 6.14. The van der Waals surface area contributed by atoms with E-state index in [1.54, 1.807) is 0 Å². The van der Waals surface area contributed by atoms with Crippen molar-refractivity contribution in [1.29, 1.82) is 0 Å². The van der Waals surface area contributed by atoms with Gasteiger partial charge in [0.1, 0.15) is 0 Å². The Morgan fingerprint density at radius 3 is 2.47 bits per heavy atom. The molecule has 0 amide bonds. The summed E-state index contributed by atoms with van der Waals surface area (Å²) >= 11 is 13.2. The standard InChI is InChI=1S/C15H14Br2ClN/c1-9-3-5-12(8-15(9)18)19-10(2)13-6-4-11(16)7-14(13)17/h3-8,10,19H,1-2H3. The van der Waals surface area contributed by atoms with E-state index in [0.29, 0.717) is 0 Å². The van der Waals surface area contributed by atoms with Crippen LogP contribution in [0.15, 0.2) is 45.3 Å². The Bertz CT molecular complexity index is 599. The molecule has 2 aromatic rings. The van der Waals surface area contributed by atoms with Crippen molar-refractivity contribution in [2.45, 2.75) is 19.9 Å². The SMILES string of the molecule is Cc1ccc(NC(C)c2ccc(Br)cc2Br)cc1Cl. The zero-order valence-corrected chi connectivity index (χ0v) is 14.6. The van der Waals surface area contributed by atoms with Gasteiger partial charge in [-0.05, 0) is 49.2 Å². The van der Waals surface area contributed by atoms with Gasteiger partial charge in [-0.2, -0.15) is 0 Å². The van der Waals surface area contributed by atoms with Crippen LogP contribution in [0, 0.1) is 6.92 Å². The minimum absolute atomic E-state index is 0.196. The number of hydrogen-bond acceptors (Lipinski definition) is 1. The summed E-state index contributed by atoms with van der Waals surface area (Å²) in [5.74, 6) is 0. The molecule has 0 radical (unpaired) electrons. The predicted molar refractivity (Wildman–Crippen MR) is 90.1 cm³/mol. The quantitative estimate of drug-likeness (QED) is 0.630. The lowest BCUT2D eigenvalue weighted by Gasteiger charge is -2.18. The highest BCUT2D eigenvalue weighted by atomic mass is 79.9. The third-order valence-corrected chi connectivity index (χ3v) is 4.57. The molecule has 0 fully saturated rings. The summed E-state index contributed by atoms with van der Waals surface area (Å²) in [4.78, 5) is 0. The van der Waals surface area contributed by atoms with E-state index < -0.39 is 0 Å². The lowest BCUT2D eigenvalue weighted by molar-refractivity contribution is 0.878. The normalized spacial score (nSPS) is 12.3. The molecule has 19 heavy (non-hydrogen) atoms. The van der Waals surface area contributed by atoms with Crippen LogP contribution in [0.1, 0.15) is 24.1 Å². The van der Waals surface area contributed by atoms with Gasteiger partial charge < -0.3 is 5.32 Å². The lowest BCUT2D eigenvalue weighted by Crippen LogP contribution is -2.07. The Morgan fingerprint density at radius 1 is 1.11 bits per heavy atom. The Hall–Kier alpha value is -0.510. The number of rotatable bonds is 3. The maximum atomic E-state index is 6.14. The molecular weight excluding hydrogens is 389 g/mol. The summed E-state index contributed by atoms with van der Waals surface area (Å²) in [6.45, 7) is 4.13. The van der Waals surface area contributed by atoms with Crippen LogP contribution in [0.3, 0.4) is 0 Å². The van der Waals surface area contributed by atoms with Gasteiger partial charge in [-0.25, -0.2) is 0 Å². The van der Waals surface area contributed by atoms with Gasteiger partial charge in [-0.15, -0.1) is 0 Å². The topological polar surface area (TPSA) is 12.0 Å². The Kier molecular flexibility index (Phi) is 4.93. The highest BCUT2D eigenvalue weighted by molar-refractivity contribution is 9.11. The van der Waals surface area contributed by atoms with Gasteiger partial charge in [0, 0.05) is 25.7 Å². The van der Waals surface area contributed by atoms with Crippen LogP contribution in [0.25, 0.3) is 0 Å². The molecule has 1 N–H and O–H groups in total. The smallest absolute Gasteiger partial charge is 0.0496 e. The fourth-order valence-corrected chi connectivity index (χ4v) is 3.43. The Balaban J connectivity index is 2.20. The highest BCUT2D eigenvalue weighted by Gasteiger charge is 2.10. The van der Waals surface area contributed by atoms with Crippen LogP contribution in [-0.2, 0) is 0 Å². The van der Waals surface area contributed by atoms with Crippen LogP contribution in [-0.4, -0.2) is 0 Å². The first-order chi connectivity index (χ1) is 8.97. The monoisotopic (exact) mass is 401 g/mol. The molecule has 4 heteroatoms. The average Bonchev–Trinajstić information content (AvgIpc) is 2.33. The second kappa shape index (κ2) is 6.29. The molecule has 0 bridgehead atoms. The Labute approximate surface area is 135 Å². The lowest BCUT2D eigenvalue weighted by atomic mass is 10.1. The van der Waals surface area contributed by atoms with E-state index in [2.05, 4.69) is 56.2 Å². The first kappa shape index (κ1) is 14.9. The highest BCUT2D eigenvalue weighted by Crippen LogP contribution is 2.30. The predicted octanol–water partition coefficient (Wildman–Crippen LogP) is 6.35. The summed E-state index contributed by atoms with van der Waals surface area (Å²) < 4.78 is 2.15. The number of anilines is 1. The molecule has 1 nitrogen and oxygen atoms in total. The van der Waals surface area contributed by atoms with Crippen molar-refractivity contribution >= 4 is 49.1 Å². The molecule has 0 aliphatic rings. The molecule has 1 unspecified atom stereocenters. The Morgan fingerprint density at radius 2 is 1.84 bits per heavy atom. The van der Waals surface area contributed by atoms with Crippen molar-refractivity contribution in [2.24, 2.45) is 0 Å². The van der Waals surface area contributed by atoms with Gasteiger partial charge in [0.05, 0.1) is 0 Å². The summed E-state index contributed by atoms with van der Waals surface area (Å²) in [6, 6.07) is 12.4. The first-order valence-corrected chi connectivity index (χ1v) is 7.91. The molecule has 0 aromatic heterocycles. The summed E-state index contributed by atoms with van der Waals surface area (Å²) in [5.41, 5.74) is 3.32. The fourth-order valence-electron chi connectivity index (χ4n) is 1.86. The van der Waals surface area contributed by atoms with Gasteiger partial charge in [0.25, 0.3) is 0 Å². The molecule has 0 saturated carbocycles. The van der Waals surface area contributed by atoms with E-state index in [-0.39, 0.29) is 6.04 Å². The van der Waals surface area contributed by atoms with Crippen LogP contribution in [0.5, 0.6) is 0 Å². The molecular formula is C15H14Br2ClN. The van der Waals surface area contributed by atoms with Gasteiger partial charge in [0.15, 0.2) is 0 Å². The number of nitrogens with one attached hydrogen (secondary N) is 1. The minimum atomic E-state index is 0.196. The van der Waals surface area contributed by atoms with Crippen molar-refractivity contribution in [2.75, 3.05) is 5.32 Å². The van der Waals surface area contributed by atoms with E-state index in [4.69, 9.17) is 11.6 Å². The molecule has 2 rings (SSSR count).